The van der Waals surface area contributed by atoms with Crippen molar-refractivity contribution in [2.75, 3.05) is 6.61 Å². The maximum atomic E-state index is 15.5. The van der Waals surface area contributed by atoms with Gasteiger partial charge in [0.15, 0.2) is 11.9 Å². The summed E-state index contributed by atoms with van der Waals surface area (Å²) >= 11 is 0. The zero-order chi connectivity index (χ0) is 28.4. The number of ether oxygens (including phenoxy) is 1. The van der Waals surface area contributed by atoms with Gasteiger partial charge >= 0.3 is 19.4 Å². The topological polar surface area (TPSA) is 169 Å². The van der Waals surface area contributed by atoms with Gasteiger partial charge in [0.25, 0.3) is 5.56 Å². The van der Waals surface area contributed by atoms with Crippen LogP contribution in [0.3, 0.4) is 0 Å². The van der Waals surface area contributed by atoms with Crippen LogP contribution in [0.2, 0.25) is 0 Å². The van der Waals surface area contributed by atoms with Crippen LogP contribution in [0.15, 0.2) is 76.4 Å². The summed E-state index contributed by atoms with van der Waals surface area (Å²) in [7, 11) is -4.43. The number of hydrogen-bond donors (Lipinski definition) is 4. The van der Waals surface area contributed by atoms with Crippen LogP contribution in [-0.4, -0.2) is 56.3 Å². The predicted octanol–water partition coefficient (Wildman–Crippen LogP) is 2.46. The summed E-state index contributed by atoms with van der Waals surface area (Å²) in [5.74, 6) is -1.25. The molecule has 2 unspecified atom stereocenters. The third-order valence-corrected chi connectivity index (χ3v) is 7.78. The van der Waals surface area contributed by atoms with Crippen LogP contribution in [0.4, 0.5) is 4.39 Å². The fourth-order valence-corrected chi connectivity index (χ4v) is 5.50. The summed E-state index contributed by atoms with van der Waals surface area (Å²) in [6, 6.07) is 15.5. The van der Waals surface area contributed by atoms with Crippen LogP contribution in [0, 0.1) is 0 Å². The molecule has 0 aliphatic carbocycles. The fraction of sp³-hybridized carbons (Fsp3) is 0.320. The Morgan fingerprint density at radius 2 is 1.82 bits per heavy atom. The zero-order valence-corrected chi connectivity index (χ0v) is 21.8. The molecular formula is C25H27FN3O9P. The number of hydrogen-bond acceptors (Lipinski definition) is 8. The largest absolute Gasteiger partial charge is 0.480 e. The third kappa shape index (κ3) is 6.35. The number of aliphatic hydroxyl groups is 1. The van der Waals surface area contributed by atoms with Crippen molar-refractivity contribution in [3.8, 4) is 16.9 Å². The molecule has 1 fully saturated rings. The molecule has 0 amide bonds. The highest BCUT2D eigenvalue weighted by Crippen LogP contribution is 2.47. The smallest absolute Gasteiger partial charge is 0.459 e. The lowest BCUT2D eigenvalue weighted by molar-refractivity contribution is -0.138. The second-order valence-electron chi connectivity index (χ2n) is 9.10. The molecule has 0 radical (unpaired) electrons. The number of carboxylic acids is 1. The number of nitrogens with zero attached hydrogens (tertiary/aromatic N) is 1. The number of nitrogens with one attached hydrogen (secondary N) is 2. The molecule has 1 aliphatic rings. The van der Waals surface area contributed by atoms with E-state index in [4.69, 9.17) is 13.8 Å². The first-order chi connectivity index (χ1) is 18.4. The molecule has 39 heavy (non-hydrogen) atoms. The van der Waals surface area contributed by atoms with Gasteiger partial charge in [-0.25, -0.2) is 13.8 Å². The van der Waals surface area contributed by atoms with Crippen LogP contribution in [-0.2, 0) is 18.6 Å². The maximum Gasteiger partial charge on any atom is 0.459 e. The van der Waals surface area contributed by atoms with Crippen molar-refractivity contribution in [3.05, 3.63) is 87.7 Å². The molecule has 14 heteroatoms. The van der Waals surface area contributed by atoms with Crippen LogP contribution < -0.4 is 20.9 Å². The van der Waals surface area contributed by atoms with Crippen molar-refractivity contribution in [1.29, 1.82) is 0 Å². The number of halogens is 1. The van der Waals surface area contributed by atoms with Crippen LogP contribution in [0.5, 0.6) is 5.75 Å². The lowest BCUT2D eigenvalue weighted by Crippen LogP contribution is -2.43. The van der Waals surface area contributed by atoms with Gasteiger partial charge in [-0.15, -0.1) is 0 Å². The van der Waals surface area contributed by atoms with Gasteiger partial charge < -0.3 is 19.5 Å². The molecule has 12 nitrogen and oxygen atoms in total. The van der Waals surface area contributed by atoms with Crippen molar-refractivity contribution in [2.24, 2.45) is 0 Å². The molecule has 6 atom stereocenters. The minimum Gasteiger partial charge on any atom is -0.480 e. The Labute approximate surface area is 221 Å². The van der Waals surface area contributed by atoms with Crippen molar-refractivity contribution in [1.82, 2.24) is 14.6 Å². The number of alkyl halides is 1. The molecule has 0 spiro atoms. The molecule has 3 aromatic rings. The standard InChI is InChI=1S/C25H27FN3O9P/c1-15(22(32)33)28-39(35,38-18-10-8-17(9-11-18)16-6-4-3-5-7-16)36-14-19-21(31)25(2,26)23(37-19)29-13-12-20(30)27-24(29)34/h3-13,15,19,21,23,31H,14H2,1-2H3,(H,28,35)(H,32,33)(H,27,30,34)/t15?,19-,21-,23+,25-,39?/m1/s1. The van der Waals surface area contributed by atoms with Gasteiger partial charge in [-0.3, -0.25) is 23.7 Å². The first kappa shape index (κ1) is 28.4. The molecule has 1 saturated heterocycles. The summed E-state index contributed by atoms with van der Waals surface area (Å²) in [6.07, 6.45) is -3.93. The van der Waals surface area contributed by atoms with Crippen molar-refractivity contribution < 1.29 is 37.7 Å². The molecule has 0 bridgehead atoms. The molecule has 4 rings (SSSR count). The van der Waals surface area contributed by atoms with Gasteiger partial charge in [0.1, 0.15) is 24.0 Å². The molecule has 2 aromatic carbocycles. The van der Waals surface area contributed by atoms with E-state index in [9.17, 15) is 29.2 Å². The summed E-state index contributed by atoms with van der Waals surface area (Å²) in [6.45, 7) is 1.52. The van der Waals surface area contributed by atoms with Crippen LogP contribution in [0.25, 0.3) is 11.1 Å². The van der Waals surface area contributed by atoms with Gasteiger partial charge in [0.2, 0.25) is 0 Å². The molecule has 1 aliphatic heterocycles. The molecule has 0 saturated carbocycles. The third-order valence-electron chi connectivity index (χ3n) is 6.14. The van der Waals surface area contributed by atoms with E-state index in [-0.39, 0.29) is 5.75 Å². The number of aliphatic carboxylic acids is 1. The number of carbonyl (C=O) groups is 1. The summed E-state index contributed by atoms with van der Waals surface area (Å²) in [4.78, 5) is 36.9. The Kier molecular flexibility index (Phi) is 8.19. The van der Waals surface area contributed by atoms with Crippen molar-refractivity contribution >= 4 is 13.7 Å². The maximum absolute atomic E-state index is 15.5. The lowest BCUT2D eigenvalue weighted by Gasteiger charge is -2.25. The Morgan fingerprint density at radius 1 is 1.18 bits per heavy atom. The number of H-pyrrole nitrogens is 1. The minimum atomic E-state index is -4.43. The van der Waals surface area contributed by atoms with Crippen LogP contribution >= 0.6 is 7.75 Å². The quantitative estimate of drug-likeness (QED) is 0.269. The highest BCUT2D eigenvalue weighted by molar-refractivity contribution is 7.52. The van der Waals surface area contributed by atoms with Gasteiger partial charge in [-0.05, 0) is 37.1 Å². The van der Waals surface area contributed by atoms with Crippen molar-refractivity contribution in [3.63, 3.8) is 0 Å². The number of aliphatic hydroxyl groups excluding tert-OH is 1. The van der Waals surface area contributed by atoms with E-state index in [0.717, 1.165) is 34.9 Å². The first-order valence-corrected chi connectivity index (χ1v) is 13.4. The minimum absolute atomic E-state index is 0.0870. The second kappa shape index (κ2) is 11.2. The van der Waals surface area contributed by atoms with E-state index in [0.29, 0.717) is 0 Å². The number of carboxylic acid groups (broad SMARTS) is 1. The second-order valence-corrected chi connectivity index (χ2v) is 10.8. The molecule has 208 valence electrons. The zero-order valence-electron chi connectivity index (χ0n) is 20.9. The van der Waals surface area contributed by atoms with E-state index in [2.05, 4.69) is 5.09 Å². The molecule has 4 N–H and O–H groups in total. The molecule has 2 heterocycles. The predicted molar refractivity (Wildman–Crippen MR) is 137 cm³/mol. The van der Waals surface area contributed by atoms with E-state index >= 15 is 4.39 Å². The van der Waals surface area contributed by atoms with Gasteiger partial charge in [-0.1, -0.05) is 42.5 Å². The molecule has 1 aromatic heterocycles. The highest BCUT2D eigenvalue weighted by atomic mass is 31.2. The summed E-state index contributed by atoms with van der Waals surface area (Å²) in [5.41, 5.74) is -2.41. The number of rotatable bonds is 10. The Morgan fingerprint density at radius 3 is 2.44 bits per heavy atom. The van der Waals surface area contributed by atoms with E-state index in [1.165, 1.54) is 19.1 Å². The average molecular weight is 563 g/mol. The lowest BCUT2D eigenvalue weighted by atomic mass is 9.98. The molecular weight excluding hydrogens is 536 g/mol. The Bertz CT molecular complexity index is 1480. The SMILES string of the molecule is CC(NP(=O)(OC[C@H]1O[C@H](n2ccc(=O)[nH]c2=O)[C@](C)(F)[C@@H]1O)Oc1ccc(-c2ccccc2)cc1)C(=O)O. The fourth-order valence-electron chi connectivity index (χ4n) is 3.99. The summed E-state index contributed by atoms with van der Waals surface area (Å²) in [5, 5.41) is 22.2. The number of benzene rings is 2. The van der Waals surface area contributed by atoms with E-state index in [1.54, 1.807) is 12.1 Å². The van der Waals surface area contributed by atoms with Gasteiger partial charge in [0.05, 0.1) is 6.61 Å². The number of aromatic amines is 1. The normalized spacial score (nSPS) is 25.1. The summed E-state index contributed by atoms with van der Waals surface area (Å²) < 4.78 is 46.3. The van der Waals surface area contributed by atoms with Crippen LogP contribution in [0.1, 0.15) is 20.1 Å². The van der Waals surface area contributed by atoms with E-state index in [1.807, 2.05) is 35.3 Å². The number of aromatic nitrogens is 2. The van der Waals surface area contributed by atoms with Crippen molar-refractivity contribution in [2.45, 2.75) is 44.0 Å². The first-order valence-electron chi connectivity index (χ1n) is 11.8. The highest BCUT2D eigenvalue weighted by Gasteiger charge is 2.55. The average Bonchev–Trinajstić information content (AvgIpc) is 3.12. The van der Waals surface area contributed by atoms with E-state index < -0.39 is 61.7 Å². The van der Waals surface area contributed by atoms with Gasteiger partial charge in [-0.2, -0.15) is 5.09 Å². The Hall–Kier alpha value is -3.61. The van der Waals surface area contributed by atoms with Gasteiger partial charge in [0, 0.05) is 12.3 Å². The monoisotopic (exact) mass is 563 g/mol. The Balaban J connectivity index is 1.53.